The Morgan fingerprint density at radius 1 is 0.795 bits per heavy atom. The number of carbonyl (C=O) groups is 3. The topological polar surface area (TPSA) is 96.4 Å². The minimum atomic E-state index is -2.79. The first kappa shape index (κ1) is 34.5. The van der Waals surface area contributed by atoms with E-state index < -0.39 is 44.3 Å². The molecule has 0 aliphatic heterocycles. The van der Waals surface area contributed by atoms with Crippen LogP contribution in [0.3, 0.4) is 0 Å². The highest BCUT2D eigenvalue weighted by Crippen LogP contribution is 2.37. The first-order valence-electron chi connectivity index (χ1n) is 15.0. The average molecular weight is 619 g/mol. The van der Waals surface area contributed by atoms with E-state index in [4.69, 9.17) is 9.16 Å². The number of aliphatic carboxylic acids is 1. The summed E-state index contributed by atoms with van der Waals surface area (Å²) in [6, 6.07) is 27.7. The fraction of sp³-hybridized carbons (Fsp3) is 0.400. The lowest BCUT2D eigenvalue weighted by Gasteiger charge is -2.43. The summed E-state index contributed by atoms with van der Waals surface area (Å²) >= 11 is 0. The van der Waals surface area contributed by atoms with Crippen LogP contribution in [0.2, 0.25) is 5.04 Å². The van der Waals surface area contributed by atoms with Crippen LogP contribution in [0.15, 0.2) is 91.0 Å². The Kier molecular flexibility index (Phi) is 11.9. The Morgan fingerprint density at radius 2 is 1.27 bits per heavy atom. The van der Waals surface area contributed by atoms with Gasteiger partial charge in [0.1, 0.15) is 18.7 Å². The maximum atomic E-state index is 13.4. The Hall–Kier alpha value is -3.95. The number of hydrogen-bond acceptors (Lipinski definition) is 5. The summed E-state index contributed by atoms with van der Waals surface area (Å²) in [5.41, 5.74) is 0.824. The van der Waals surface area contributed by atoms with E-state index in [2.05, 4.69) is 45.0 Å². The molecule has 1 unspecified atom stereocenters. The Morgan fingerprint density at radius 3 is 1.73 bits per heavy atom. The van der Waals surface area contributed by atoms with E-state index in [-0.39, 0.29) is 11.6 Å². The Labute approximate surface area is 262 Å². The van der Waals surface area contributed by atoms with Crippen LogP contribution in [-0.4, -0.2) is 74.0 Å². The number of amides is 2. The highest BCUT2D eigenvalue weighted by molar-refractivity contribution is 6.99. The van der Waals surface area contributed by atoms with Crippen molar-refractivity contribution in [2.75, 3.05) is 20.7 Å². The van der Waals surface area contributed by atoms with Crippen LogP contribution >= 0.6 is 0 Å². The van der Waals surface area contributed by atoms with Crippen molar-refractivity contribution in [2.45, 2.75) is 64.8 Å². The quantitative estimate of drug-likeness (QED) is 0.266. The van der Waals surface area contributed by atoms with Gasteiger partial charge in [0, 0.05) is 20.7 Å². The molecule has 2 amide bonds. The summed E-state index contributed by atoms with van der Waals surface area (Å²) < 4.78 is 12.3. The second kappa shape index (κ2) is 15.2. The number of nitrogens with zero attached hydrogens (tertiary/aromatic N) is 2. The molecule has 0 aromatic heterocycles. The molecule has 3 aromatic rings. The van der Waals surface area contributed by atoms with Gasteiger partial charge in [0.05, 0.1) is 0 Å². The number of ether oxygens (including phenoxy) is 1. The van der Waals surface area contributed by atoms with E-state index in [9.17, 15) is 19.5 Å². The molecule has 0 saturated heterocycles. The summed E-state index contributed by atoms with van der Waals surface area (Å²) in [4.78, 5) is 41.0. The minimum Gasteiger partial charge on any atom is -0.480 e. The smallest absolute Gasteiger partial charge is 0.410 e. The molecule has 9 heteroatoms. The van der Waals surface area contributed by atoms with Gasteiger partial charge in [-0.3, -0.25) is 9.69 Å². The average Bonchev–Trinajstić information content (AvgIpc) is 3.01. The van der Waals surface area contributed by atoms with E-state index in [0.29, 0.717) is 13.0 Å². The minimum absolute atomic E-state index is 0.0703. The first-order chi connectivity index (χ1) is 20.8. The van der Waals surface area contributed by atoms with Gasteiger partial charge >= 0.3 is 12.1 Å². The van der Waals surface area contributed by atoms with Crippen molar-refractivity contribution in [1.29, 1.82) is 0 Å². The number of hydrogen-bond donors (Lipinski definition) is 1. The molecule has 0 aliphatic carbocycles. The normalized spacial score (nSPS) is 13.8. The zero-order valence-corrected chi connectivity index (χ0v) is 27.9. The summed E-state index contributed by atoms with van der Waals surface area (Å²) in [6.45, 7) is 10.4. The predicted octanol–water partition coefficient (Wildman–Crippen LogP) is 5.16. The number of carboxylic acid groups (broad SMARTS) is 1. The molecule has 8 nitrogen and oxygen atoms in total. The lowest BCUT2D eigenvalue weighted by Crippen LogP contribution is -2.66. The zero-order valence-electron chi connectivity index (χ0n) is 26.9. The molecule has 0 saturated carbocycles. The summed E-state index contributed by atoms with van der Waals surface area (Å²) in [7, 11) is 0.154. The Balaban J connectivity index is 1.73. The molecular formula is C35H46N2O6Si. The van der Waals surface area contributed by atoms with Gasteiger partial charge in [0.2, 0.25) is 5.91 Å². The molecule has 0 bridgehead atoms. The zero-order chi connectivity index (χ0) is 32.5. The van der Waals surface area contributed by atoms with E-state index in [1.807, 2.05) is 73.7 Å². The monoisotopic (exact) mass is 618 g/mol. The van der Waals surface area contributed by atoms with Gasteiger partial charge in [-0.25, -0.2) is 9.59 Å². The fourth-order valence-corrected chi connectivity index (χ4v) is 10.3. The van der Waals surface area contributed by atoms with Crippen LogP contribution in [0.25, 0.3) is 0 Å². The third kappa shape index (κ3) is 7.95. The molecule has 44 heavy (non-hydrogen) atoms. The number of carboxylic acids is 1. The molecular weight excluding hydrogens is 572 g/mol. The van der Waals surface area contributed by atoms with E-state index in [1.165, 1.54) is 23.9 Å². The number of carbonyl (C=O) groups excluding carboxylic acids is 2. The second-order valence-corrected chi connectivity index (χ2v) is 16.6. The highest BCUT2D eigenvalue weighted by Gasteiger charge is 2.50. The van der Waals surface area contributed by atoms with Crippen molar-refractivity contribution in [3.63, 3.8) is 0 Å². The van der Waals surface area contributed by atoms with Crippen molar-refractivity contribution >= 4 is 36.7 Å². The molecule has 3 atom stereocenters. The lowest BCUT2D eigenvalue weighted by atomic mass is 9.97. The van der Waals surface area contributed by atoms with Gasteiger partial charge < -0.3 is 19.2 Å². The summed E-state index contributed by atoms with van der Waals surface area (Å²) in [6.07, 6.45) is -0.246. The second-order valence-electron chi connectivity index (χ2n) is 12.3. The van der Waals surface area contributed by atoms with E-state index in [1.54, 1.807) is 6.92 Å². The maximum absolute atomic E-state index is 13.4. The van der Waals surface area contributed by atoms with Crippen molar-refractivity contribution in [1.82, 2.24) is 9.80 Å². The largest absolute Gasteiger partial charge is 0.480 e. The van der Waals surface area contributed by atoms with Gasteiger partial charge in [-0.05, 0) is 40.2 Å². The molecule has 0 heterocycles. The first-order valence-corrected chi connectivity index (χ1v) is 16.9. The van der Waals surface area contributed by atoms with Crippen LogP contribution in [-0.2, 0) is 25.4 Å². The highest BCUT2D eigenvalue weighted by atomic mass is 28.4. The Bertz CT molecular complexity index is 1320. The molecule has 1 N–H and O–H groups in total. The number of likely N-dealkylation sites (N-methyl/N-ethyl adjacent to an activating group) is 2. The molecule has 236 valence electrons. The van der Waals surface area contributed by atoms with Crippen LogP contribution in [0.4, 0.5) is 4.79 Å². The van der Waals surface area contributed by atoms with Crippen molar-refractivity contribution in [3.8, 4) is 0 Å². The van der Waals surface area contributed by atoms with Crippen molar-refractivity contribution < 1.29 is 28.7 Å². The standard InChI is InChI=1S/C35H46N2O6Si/c1-26(23-24-43-44(35(3,4)5,29-19-13-9-14-20-29)30-21-15-10-16-22-30)31(33(39)40)37(7)32(38)27(2)36(6)34(41)42-25-28-17-11-8-12-18-28/h8-22,26-27,31H,23-25H2,1-7H3,(H,39,40)/t26-,27?,31+/m1/s1. The van der Waals surface area contributed by atoms with Gasteiger partial charge in [0.15, 0.2) is 0 Å². The van der Waals surface area contributed by atoms with Gasteiger partial charge in [0.25, 0.3) is 8.32 Å². The predicted molar refractivity (Wildman–Crippen MR) is 175 cm³/mol. The summed E-state index contributed by atoms with van der Waals surface area (Å²) in [5, 5.41) is 12.3. The molecule has 0 aliphatic rings. The third-order valence-electron chi connectivity index (χ3n) is 8.30. The third-order valence-corrected chi connectivity index (χ3v) is 13.3. The number of rotatable bonds is 13. The van der Waals surface area contributed by atoms with Crippen molar-refractivity contribution in [3.05, 3.63) is 96.6 Å². The molecule has 3 rings (SSSR count). The van der Waals surface area contributed by atoms with Gasteiger partial charge in [-0.15, -0.1) is 0 Å². The molecule has 0 spiro atoms. The van der Waals surface area contributed by atoms with Crippen LogP contribution in [0.5, 0.6) is 0 Å². The lowest BCUT2D eigenvalue weighted by molar-refractivity contribution is -0.153. The van der Waals surface area contributed by atoms with Gasteiger partial charge in [-0.1, -0.05) is 119 Å². The molecule has 0 fully saturated rings. The van der Waals surface area contributed by atoms with Gasteiger partial charge in [-0.2, -0.15) is 0 Å². The number of benzene rings is 3. The molecule has 0 radical (unpaired) electrons. The maximum Gasteiger partial charge on any atom is 0.410 e. The molecule has 3 aromatic carbocycles. The van der Waals surface area contributed by atoms with E-state index in [0.717, 1.165) is 15.9 Å². The SMILES string of the molecule is CC(C(=O)N(C)[C@H](C(=O)O)[C@H](C)CCO[Si](c1ccccc1)(c1ccccc1)C(C)(C)C)N(C)C(=O)OCc1ccccc1. The van der Waals surface area contributed by atoms with Crippen LogP contribution in [0.1, 0.15) is 46.6 Å². The summed E-state index contributed by atoms with van der Waals surface area (Å²) in [5.74, 6) is -2.03. The fourth-order valence-electron chi connectivity index (χ4n) is 5.68. The van der Waals surface area contributed by atoms with Crippen LogP contribution < -0.4 is 10.4 Å². The van der Waals surface area contributed by atoms with Crippen LogP contribution in [0, 0.1) is 5.92 Å². The van der Waals surface area contributed by atoms with E-state index >= 15 is 0 Å². The van der Waals surface area contributed by atoms with Crippen molar-refractivity contribution in [2.24, 2.45) is 5.92 Å².